The van der Waals surface area contributed by atoms with E-state index in [4.69, 9.17) is 9.15 Å². The molecule has 0 aliphatic heterocycles. The van der Waals surface area contributed by atoms with Crippen molar-refractivity contribution in [3.63, 3.8) is 0 Å². The molecule has 7 nitrogen and oxygen atoms in total. The van der Waals surface area contributed by atoms with Crippen molar-refractivity contribution < 1.29 is 18.7 Å². The van der Waals surface area contributed by atoms with Crippen molar-refractivity contribution in [2.45, 2.75) is 12.8 Å². The van der Waals surface area contributed by atoms with E-state index in [1.807, 2.05) is 0 Å². The highest BCUT2D eigenvalue weighted by Crippen LogP contribution is 2.28. The van der Waals surface area contributed by atoms with Crippen molar-refractivity contribution >= 4 is 22.8 Å². The van der Waals surface area contributed by atoms with E-state index in [-0.39, 0.29) is 24.3 Å². The third-order valence-corrected chi connectivity index (χ3v) is 3.66. The lowest BCUT2D eigenvalue weighted by Crippen LogP contribution is -2.37. The van der Waals surface area contributed by atoms with Crippen LogP contribution >= 0.6 is 0 Å². The number of amides is 2. The molecule has 0 bridgehead atoms. The van der Waals surface area contributed by atoms with Crippen molar-refractivity contribution in [2.75, 3.05) is 19.7 Å². The molecule has 0 saturated heterocycles. The van der Waals surface area contributed by atoms with Gasteiger partial charge in [-0.25, -0.2) is 4.79 Å². The number of carbonyl (C=O) groups excluding carboxylic acids is 2. The van der Waals surface area contributed by atoms with E-state index >= 15 is 0 Å². The molecule has 1 saturated carbocycles. The van der Waals surface area contributed by atoms with Gasteiger partial charge in [-0.15, -0.1) is 0 Å². The molecule has 0 unspecified atom stereocenters. The number of benzene rings is 1. The first-order chi connectivity index (χ1) is 11.6. The molecule has 1 fully saturated rings. The molecule has 1 aliphatic carbocycles. The average Bonchev–Trinajstić information content (AvgIpc) is 3.41. The molecule has 1 aromatic carbocycles. The number of carbonyl (C=O) groups is 2. The van der Waals surface area contributed by atoms with Gasteiger partial charge in [0.25, 0.3) is 5.91 Å². The molecule has 0 atom stereocenters. The number of rotatable bonds is 7. The highest BCUT2D eigenvalue weighted by molar-refractivity contribution is 5.81. The lowest BCUT2D eigenvalue weighted by Gasteiger charge is -2.08. The molecule has 2 amide bonds. The van der Waals surface area contributed by atoms with Gasteiger partial charge in [0.15, 0.2) is 6.61 Å². The summed E-state index contributed by atoms with van der Waals surface area (Å²) in [5, 5.41) is 6.20. The minimum absolute atomic E-state index is 0.0538. The Bertz CT molecular complexity index is 810. The van der Waals surface area contributed by atoms with Gasteiger partial charge in [-0.2, -0.15) is 0 Å². The highest BCUT2D eigenvalue weighted by atomic mass is 16.5. The minimum Gasteiger partial charge on any atom is -0.484 e. The molecule has 1 heterocycles. The highest BCUT2D eigenvalue weighted by Gasteiger charge is 2.28. The van der Waals surface area contributed by atoms with Gasteiger partial charge in [-0.1, -0.05) is 0 Å². The van der Waals surface area contributed by atoms with Gasteiger partial charge in [0.2, 0.25) is 5.91 Å². The number of hydrogen-bond acceptors (Lipinski definition) is 5. The van der Waals surface area contributed by atoms with Crippen LogP contribution in [-0.4, -0.2) is 31.5 Å². The van der Waals surface area contributed by atoms with Crippen LogP contribution in [0.3, 0.4) is 0 Å². The summed E-state index contributed by atoms with van der Waals surface area (Å²) >= 11 is 0. The Morgan fingerprint density at radius 2 is 1.88 bits per heavy atom. The fraction of sp³-hybridized carbons (Fsp3) is 0.353. The molecule has 24 heavy (non-hydrogen) atoms. The van der Waals surface area contributed by atoms with E-state index in [9.17, 15) is 14.4 Å². The van der Waals surface area contributed by atoms with E-state index in [0.29, 0.717) is 24.4 Å². The van der Waals surface area contributed by atoms with Crippen molar-refractivity contribution in [1.82, 2.24) is 10.6 Å². The quantitative estimate of drug-likeness (QED) is 0.578. The van der Waals surface area contributed by atoms with Gasteiger partial charge in [-0.3, -0.25) is 9.59 Å². The summed E-state index contributed by atoms with van der Waals surface area (Å²) in [6.45, 7) is 0.606. The summed E-state index contributed by atoms with van der Waals surface area (Å²) in [7, 11) is 0. The first-order valence-corrected chi connectivity index (χ1v) is 7.83. The second-order valence-electron chi connectivity index (χ2n) is 5.66. The Hall–Kier alpha value is -2.83. The zero-order chi connectivity index (χ0) is 16.9. The van der Waals surface area contributed by atoms with E-state index in [1.165, 1.54) is 6.07 Å². The van der Waals surface area contributed by atoms with Crippen molar-refractivity contribution in [2.24, 2.45) is 5.92 Å². The average molecular weight is 330 g/mol. The molecule has 0 radical (unpaired) electrons. The molecule has 1 aromatic heterocycles. The van der Waals surface area contributed by atoms with Crippen LogP contribution in [-0.2, 0) is 9.59 Å². The van der Waals surface area contributed by atoms with Crippen LogP contribution in [0.15, 0.2) is 39.5 Å². The number of fused-ring (bicyclic) bond motifs is 1. The van der Waals surface area contributed by atoms with E-state index < -0.39 is 5.63 Å². The fourth-order valence-electron chi connectivity index (χ4n) is 2.21. The first-order valence-electron chi connectivity index (χ1n) is 7.83. The first kappa shape index (κ1) is 16.0. The fourth-order valence-corrected chi connectivity index (χ4v) is 2.21. The molecule has 2 N–H and O–H groups in total. The zero-order valence-electron chi connectivity index (χ0n) is 13.0. The summed E-state index contributed by atoms with van der Waals surface area (Å²) in [5.74, 6) is 0.370. The predicted molar refractivity (Wildman–Crippen MR) is 86.7 cm³/mol. The maximum Gasteiger partial charge on any atom is 0.336 e. The SMILES string of the molecule is O=C(COc1ccc2ccc(=O)oc2c1)NCCNC(=O)C1CC1. The summed E-state index contributed by atoms with van der Waals surface area (Å²) < 4.78 is 10.4. The Morgan fingerprint density at radius 3 is 2.67 bits per heavy atom. The van der Waals surface area contributed by atoms with Crippen LogP contribution in [0, 0.1) is 5.92 Å². The third kappa shape index (κ3) is 4.34. The normalized spacial score (nSPS) is 13.5. The summed E-state index contributed by atoms with van der Waals surface area (Å²) in [4.78, 5) is 34.3. The van der Waals surface area contributed by atoms with Crippen LogP contribution in [0.5, 0.6) is 5.75 Å². The van der Waals surface area contributed by atoms with Crippen LogP contribution in [0.1, 0.15) is 12.8 Å². The van der Waals surface area contributed by atoms with E-state index in [1.54, 1.807) is 24.3 Å². The van der Waals surface area contributed by atoms with Gasteiger partial charge in [0.05, 0.1) is 0 Å². The van der Waals surface area contributed by atoms with Crippen molar-refractivity contribution in [3.8, 4) is 5.75 Å². The monoisotopic (exact) mass is 330 g/mol. The molecule has 3 rings (SSSR count). The second kappa shape index (κ2) is 7.16. The van der Waals surface area contributed by atoms with Gasteiger partial charge < -0.3 is 19.8 Å². The third-order valence-electron chi connectivity index (χ3n) is 3.66. The van der Waals surface area contributed by atoms with Crippen molar-refractivity contribution in [3.05, 3.63) is 40.8 Å². The lowest BCUT2D eigenvalue weighted by molar-refractivity contribution is -0.124. The largest absolute Gasteiger partial charge is 0.484 e. The second-order valence-corrected chi connectivity index (χ2v) is 5.66. The molecular formula is C17H18N2O5. The number of hydrogen-bond donors (Lipinski definition) is 2. The Labute approximate surface area is 138 Å². The molecule has 7 heteroatoms. The minimum atomic E-state index is -0.439. The number of ether oxygens (including phenoxy) is 1. The zero-order valence-corrected chi connectivity index (χ0v) is 13.0. The molecule has 2 aromatic rings. The summed E-state index contributed by atoms with van der Waals surface area (Å²) in [5.41, 5.74) is -0.0335. The lowest BCUT2D eigenvalue weighted by atomic mass is 10.2. The van der Waals surface area contributed by atoms with Crippen LogP contribution < -0.4 is 21.0 Å². The van der Waals surface area contributed by atoms with Gasteiger partial charge in [-0.05, 0) is 31.0 Å². The maximum absolute atomic E-state index is 11.7. The molecule has 0 spiro atoms. The molecule has 1 aliphatic rings. The standard InChI is InChI=1S/C17H18N2O5/c20-15(18-7-8-19-17(22)12-1-2-12)10-23-13-5-3-11-4-6-16(21)24-14(11)9-13/h3-6,9,12H,1-2,7-8,10H2,(H,18,20)(H,19,22). The van der Waals surface area contributed by atoms with Gasteiger partial charge in [0, 0.05) is 36.5 Å². The predicted octanol–water partition coefficient (Wildman–Crippen LogP) is 0.814. The van der Waals surface area contributed by atoms with Gasteiger partial charge in [0.1, 0.15) is 11.3 Å². The Balaban J connectivity index is 1.42. The topological polar surface area (TPSA) is 97.6 Å². The number of nitrogens with one attached hydrogen (secondary N) is 2. The van der Waals surface area contributed by atoms with E-state index in [0.717, 1.165) is 18.2 Å². The van der Waals surface area contributed by atoms with Crippen LogP contribution in [0.25, 0.3) is 11.0 Å². The molecular weight excluding hydrogens is 312 g/mol. The summed E-state index contributed by atoms with van der Waals surface area (Å²) in [6, 6.07) is 8.02. The Kier molecular flexibility index (Phi) is 4.79. The van der Waals surface area contributed by atoms with Gasteiger partial charge >= 0.3 is 5.63 Å². The van der Waals surface area contributed by atoms with E-state index in [2.05, 4.69) is 10.6 Å². The summed E-state index contributed by atoms with van der Waals surface area (Å²) in [6.07, 6.45) is 1.91. The molecule has 126 valence electrons. The smallest absolute Gasteiger partial charge is 0.336 e. The Morgan fingerprint density at radius 1 is 1.12 bits per heavy atom. The van der Waals surface area contributed by atoms with Crippen LogP contribution in [0.2, 0.25) is 0 Å². The maximum atomic E-state index is 11.7. The van der Waals surface area contributed by atoms with Crippen molar-refractivity contribution in [1.29, 1.82) is 0 Å². The van der Waals surface area contributed by atoms with Crippen LogP contribution in [0.4, 0.5) is 0 Å².